The van der Waals surface area contributed by atoms with Crippen molar-refractivity contribution in [2.75, 3.05) is 20.3 Å². The van der Waals surface area contributed by atoms with Crippen LogP contribution in [0.25, 0.3) is 11.1 Å². The minimum absolute atomic E-state index is 0.0211. The Labute approximate surface area is 198 Å². The van der Waals surface area contributed by atoms with Crippen molar-refractivity contribution in [2.24, 2.45) is 0 Å². The zero-order valence-corrected chi connectivity index (χ0v) is 19.3. The molecule has 180 valence electrons. The monoisotopic (exact) mass is 466 g/mol. The summed E-state index contributed by atoms with van der Waals surface area (Å²) in [7, 11) is 1.38. The Balaban J connectivity index is 1.41. The number of carbonyl (C=O) groups excluding carboxylic acids is 2. The number of hydrogen-bond donors (Lipinski definition) is 2. The lowest BCUT2D eigenvalue weighted by molar-refractivity contribution is -0.187. The summed E-state index contributed by atoms with van der Waals surface area (Å²) in [5, 5.41) is 12.7. The molecule has 2 aromatic carbocycles. The number of nitrogens with one attached hydrogen (secondary N) is 1. The first kappa shape index (κ1) is 23.8. The van der Waals surface area contributed by atoms with Gasteiger partial charge in [-0.05, 0) is 35.1 Å². The molecule has 0 aliphatic heterocycles. The maximum atomic E-state index is 12.9. The van der Waals surface area contributed by atoms with Gasteiger partial charge in [0.2, 0.25) is 5.91 Å². The number of carbonyl (C=O) groups is 3. The molecule has 0 bridgehead atoms. The van der Waals surface area contributed by atoms with Gasteiger partial charge in [-0.15, -0.1) is 0 Å². The average molecular weight is 467 g/mol. The number of carboxylic acids is 1. The number of hydroxylamine groups is 2. The number of nitrogens with zero attached hydrogens (tertiary/aromatic N) is 1. The molecule has 0 spiro atoms. The third-order valence-corrected chi connectivity index (χ3v) is 6.74. The van der Waals surface area contributed by atoms with Crippen LogP contribution >= 0.6 is 0 Å². The van der Waals surface area contributed by atoms with Crippen LogP contribution in [0.15, 0.2) is 48.5 Å². The zero-order valence-electron chi connectivity index (χ0n) is 19.3. The van der Waals surface area contributed by atoms with Gasteiger partial charge >= 0.3 is 12.1 Å². The fraction of sp³-hybridized carbons (Fsp3) is 0.423. The van der Waals surface area contributed by atoms with Gasteiger partial charge in [0.05, 0.1) is 12.0 Å². The molecule has 34 heavy (non-hydrogen) atoms. The molecule has 2 N–H and O–H groups in total. The number of rotatable bonds is 8. The number of hydrogen-bond acceptors (Lipinski definition) is 5. The van der Waals surface area contributed by atoms with E-state index in [0.717, 1.165) is 46.6 Å². The van der Waals surface area contributed by atoms with Crippen molar-refractivity contribution < 1.29 is 29.1 Å². The second-order valence-corrected chi connectivity index (χ2v) is 9.03. The second kappa shape index (κ2) is 10.3. The Morgan fingerprint density at radius 2 is 1.59 bits per heavy atom. The van der Waals surface area contributed by atoms with Crippen molar-refractivity contribution in [1.29, 1.82) is 0 Å². The molecule has 2 amide bonds. The van der Waals surface area contributed by atoms with E-state index in [1.54, 1.807) is 0 Å². The lowest BCUT2D eigenvalue weighted by Gasteiger charge is -2.38. The van der Waals surface area contributed by atoms with Crippen LogP contribution in [0.1, 0.15) is 55.6 Å². The fourth-order valence-corrected chi connectivity index (χ4v) is 5.05. The van der Waals surface area contributed by atoms with Crippen molar-refractivity contribution >= 4 is 18.0 Å². The molecule has 0 aromatic heterocycles. The topological polar surface area (TPSA) is 105 Å². The Morgan fingerprint density at radius 3 is 2.18 bits per heavy atom. The van der Waals surface area contributed by atoms with Gasteiger partial charge in [-0.25, -0.2) is 14.7 Å². The Hall–Kier alpha value is -3.39. The van der Waals surface area contributed by atoms with E-state index in [0.29, 0.717) is 12.8 Å². The first-order valence-electron chi connectivity index (χ1n) is 11.6. The van der Waals surface area contributed by atoms with E-state index in [1.165, 1.54) is 7.05 Å². The molecule has 0 unspecified atom stereocenters. The molecular formula is C26H30N2O6. The largest absolute Gasteiger partial charge is 0.479 e. The average Bonchev–Trinajstić information content (AvgIpc) is 3.15. The van der Waals surface area contributed by atoms with Crippen molar-refractivity contribution in [2.45, 2.75) is 50.0 Å². The number of carboxylic acid groups (broad SMARTS) is 1. The number of amides is 2. The molecule has 2 aliphatic carbocycles. The lowest BCUT2D eigenvalue weighted by atomic mass is 9.79. The summed E-state index contributed by atoms with van der Waals surface area (Å²) in [5.41, 5.74) is 3.85. The van der Waals surface area contributed by atoms with Crippen molar-refractivity contribution in [3.8, 4) is 11.1 Å². The van der Waals surface area contributed by atoms with Gasteiger partial charge in [0.25, 0.3) is 0 Å². The summed E-state index contributed by atoms with van der Waals surface area (Å²) in [5.74, 6) is -1.59. The van der Waals surface area contributed by atoms with Crippen LogP contribution in [0.3, 0.4) is 0 Å². The summed E-state index contributed by atoms with van der Waals surface area (Å²) in [6.45, 7) is -0.402. The number of aliphatic carboxylic acids is 1. The van der Waals surface area contributed by atoms with Crippen LogP contribution in [-0.2, 0) is 19.2 Å². The molecule has 0 heterocycles. The number of fused-ring (bicyclic) bond motifs is 3. The molecule has 1 fully saturated rings. The van der Waals surface area contributed by atoms with E-state index in [9.17, 15) is 14.4 Å². The predicted molar refractivity (Wildman–Crippen MR) is 125 cm³/mol. The molecule has 8 heteroatoms. The van der Waals surface area contributed by atoms with Gasteiger partial charge in [-0.1, -0.05) is 67.8 Å². The van der Waals surface area contributed by atoms with E-state index in [2.05, 4.69) is 29.6 Å². The van der Waals surface area contributed by atoms with E-state index in [1.807, 2.05) is 24.3 Å². The maximum absolute atomic E-state index is 12.9. The Morgan fingerprint density at radius 1 is 1.00 bits per heavy atom. The second-order valence-electron chi connectivity index (χ2n) is 9.03. The van der Waals surface area contributed by atoms with Crippen LogP contribution in [0, 0.1) is 0 Å². The molecule has 1 saturated carbocycles. The van der Waals surface area contributed by atoms with E-state index < -0.39 is 24.2 Å². The van der Waals surface area contributed by atoms with Gasteiger partial charge in [-0.2, -0.15) is 0 Å². The molecule has 0 atom stereocenters. The Kier molecular flexibility index (Phi) is 7.17. The summed E-state index contributed by atoms with van der Waals surface area (Å²) in [6.07, 6.45) is 3.57. The highest BCUT2D eigenvalue weighted by Crippen LogP contribution is 2.44. The predicted octanol–water partition coefficient (Wildman–Crippen LogP) is 4.09. The third-order valence-electron chi connectivity index (χ3n) is 6.74. The summed E-state index contributed by atoms with van der Waals surface area (Å²) in [4.78, 5) is 41.3. The molecule has 2 aromatic rings. The molecule has 2 aliphatic rings. The first-order chi connectivity index (χ1) is 16.4. The Bertz CT molecular complexity index is 1020. The first-order valence-corrected chi connectivity index (χ1v) is 11.6. The molecule has 0 saturated heterocycles. The van der Waals surface area contributed by atoms with Gasteiger partial charge in [0.15, 0.2) is 6.61 Å². The summed E-state index contributed by atoms with van der Waals surface area (Å²) >= 11 is 0. The van der Waals surface area contributed by atoms with Crippen LogP contribution in [0.2, 0.25) is 0 Å². The van der Waals surface area contributed by atoms with E-state index in [-0.39, 0.29) is 24.9 Å². The molecule has 8 nitrogen and oxygen atoms in total. The highest BCUT2D eigenvalue weighted by Gasteiger charge is 2.38. The van der Waals surface area contributed by atoms with Crippen LogP contribution in [0.5, 0.6) is 0 Å². The van der Waals surface area contributed by atoms with E-state index in [4.69, 9.17) is 14.7 Å². The number of benzene rings is 2. The normalized spacial score (nSPS) is 16.3. The van der Waals surface area contributed by atoms with Gasteiger partial charge in [0.1, 0.15) is 6.61 Å². The van der Waals surface area contributed by atoms with Gasteiger partial charge in [-0.3, -0.25) is 9.63 Å². The third kappa shape index (κ3) is 5.22. The van der Waals surface area contributed by atoms with Gasteiger partial charge < -0.3 is 15.2 Å². The highest BCUT2D eigenvalue weighted by atomic mass is 16.7. The van der Waals surface area contributed by atoms with E-state index >= 15 is 0 Å². The SMILES string of the molecule is CN(OCC(=O)O)C(=O)CC1(NC(=O)OCC2c3ccccc3-c3ccccc32)CCCCC1. The minimum atomic E-state index is -1.16. The van der Waals surface area contributed by atoms with Crippen LogP contribution < -0.4 is 5.32 Å². The smallest absolute Gasteiger partial charge is 0.407 e. The van der Waals surface area contributed by atoms with Gasteiger partial charge in [0, 0.05) is 13.0 Å². The van der Waals surface area contributed by atoms with Crippen LogP contribution in [0.4, 0.5) is 4.79 Å². The highest BCUT2D eigenvalue weighted by molar-refractivity contribution is 5.80. The summed E-state index contributed by atoms with van der Waals surface area (Å²) < 4.78 is 5.70. The number of alkyl carbamates (subject to hydrolysis) is 1. The molecule has 0 radical (unpaired) electrons. The fourth-order valence-electron chi connectivity index (χ4n) is 5.05. The summed E-state index contributed by atoms with van der Waals surface area (Å²) in [6, 6.07) is 16.3. The van der Waals surface area contributed by atoms with Crippen molar-refractivity contribution in [1.82, 2.24) is 10.4 Å². The molecular weight excluding hydrogens is 436 g/mol. The lowest BCUT2D eigenvalue weighted by Crippen LogP contribution is -2.52. The quantitative estimate of drug-likeness (QED) is 0.568. The standard InChI is InChI=1S/C26H30N2O6/c1-28(34-17-24(30)31)23(29)15-26(13-7-2-8-14-26)27-25(32)33-16-22-20-11-5-3-9-18(20)19-10-4-6-12-21(19)22/h3-6,9-12,22H,2,7-8,13-17H2,1H3,(H,27,32)(H,30,31). The number of ether oxygens (including phenoxy) is 1. The van der Waals surface area contributed by atoms with Crippen LogP contribution in [-0.4, -0.2) is 53.9 Å². The minimum Gasteiger partial charge on any atom is -0.479 e. The van der Waals surface area contributed by atoms with Crippen molar-refractivity contribution in [3.05, 3.63) is 59.7 Å². The maximum Gasteiger partial charge on any atom is 0.407 e. The molecule has 4 rings (SSSR count). The van der Waals surface area contributed by atoms with Crippen molar-refractivity contribution in [3.63, 3.8) is 0 Å². The zero-order chi connectivity index (χ0) is 24.1.